The molecule has 0 bridgehead atoms. The summed E-state index contributed by atoms with van der Waals surface area (Å²) in [6.45, 7) is -0.916. The number of carbonyl (C=O) groups excluding carboxylic acids is 2. The molecule has 0 aromatic carbocycles. The van der Waals surface area contributed by atoms with Gasteiger partial charge in [0, 0.05) is 10.9 Å². The van der Waals surface area contributed by atoms with Crippen LogP contribution in [-0.4, -0.2) is 26.6 Å². The molecule has 0 aliphatic rings. The van der Waals surface area contributed by atoms with Crippen molar-refractivity contribution < 1.29 is 40.3 Å². The molecule has 4 rings (SSSR count). The minimum absolute atomic E-state index is 0.0410. The summed E-state index contributed by atoms with van der Waals surface area (Å²) in [5.41, 5.74) is 2.74. The van der Waals surface area contributed by atoms with Crippen LogP contribution in [0.4, 0.5) is 32.0 Å². The van der Waals surface area contributed by atoms with E-state index in [0.29, 0.717) is 22.1 Å². The number of carbonyl (C=O) groups is 2. The highest BCUT2D eigenvalue weighted by Crippen LogP contribution is 2.42. The lowest BCUT2D eigenvalue weighted by Gasteiger charge is -2.11. The van der Waals surface area contributed by atoms with E-state index in [1.807, 2.05) is 0 Å². The van der Waals surface area contributed by atoms with Crippen LogP contribution in [0, 0.1) is 0 Å². The van der Waals surface area contributed by atoms with E-state index in [0.717, 1.165) is 6.07 Å². The molecule has 35 heavy (non-hydrogen) atoms. The summed E-state index contributed by atoms with van der Waals surface area (Å²) in [4.78, 5) is 28.2. The molecule has 0 unspecified atom stereocenters. The van der Waals surface area contributed by atoms with E-state index in [1.165, 1.54) is 18.4 Å². The number of hydrogen-bond donors (Lipinski definition) is 2. The van der Waals surface area contributed by atoms with Gasteiger partial charge in [-0.3, -0.25) is 14.3 Å². The molecule has 8 nitrogen and oxygen atoms in total. The Balaban J connectivity index is 1.80. The van der Waals surface area contributed by atoms with Crippen LogP contribution in [0.2, 0.25) is 0 Å². The van der Waals surface area contributed by atoms with Crippen molar-refractivity contribution in [2.45, 2.75) is 25.8 Å². The number of fused-ring (bicyclic) bond motifs is 1. The first-order chi connectivity index (χ1) is 16.6. The number of nitrogens with two attached hydrogens (primary N) is 1. The van der Waals surface area contributed by atoms with Crippen molar-refractivity contribution in [1.82, 2.24) is 14.8 Å². The van der Waals surface area contributed by atoms with Crippen LogP contribution >= 0.6 is 11.3 Å². The van der Waals surface area contributed by atoms with Crippen molar-refractivity contribution in [2.75, 3.05) is 5.32 Å². The maximum absolute atomic E-state index is 13.4. The van der Waals surface area contributed by atoms with Crippen LogP contribution in [-0.2, 0) is 11.3 Å². The predicted octanol–water partition coefficient (Wildman–Crippen LogP) is 5.30. The van der Waals surface area contributed by atoms with Gasteiger partial charge in [-0.05, 0) is 24.3 Å². The van der Waals surface area contributed by atoms with Crippen molar-refractivity contribution in [3.05, 3.63) is 52.5 Å². The number of aromatic nitrogens is 3. The van der Waals surface area contributed by atoms with Gasteiger partial charge in [0.15, 0.2) is 0 Å². The summed E-state index contributed by atoms with van der Waals surface area (Å²) in [6, 6.07) is 4.41. The predicted molar refractivity (Wildman–Crippen MR) is 112 cm³/mol. The minimum Gasteiger partial charge on any atom is -0.464 e. The summed E-state index contributed by atoms with van der Waals surface area (Å²) in [5.74, 6) is -1.95. The maximum atomic E-state index is 13.4. The number of pyridine rings is 1. The Labute approximate surface area is 195 Å². The number of nitrogens with one attached hydrogen (secondary N) is 1. The van der Waals surface area contributed by atoms with Crippen LogP contribution in [0.5, 0.6) is 0 Å². The zero-order chi connectivity index (χ0) is 25.4. The number of hydrogen-bond acceptors (Lipinski definition) is 6. The lowest BCUT2D eigenvalue weighted by atomic mass is 10.1. The molecule has 3 N–H and O–H groups in total. The van der Waals surface area contributed by atoms with Crippen molar-refractivity contribution in [1.29, 1.82) is 0 Å². The van der Waals surface area contributed by atoms with E-state index in [1.54, 1.807) is 0 Å². The van der Waals surface area contributed by atoms with Gasteiger partial charge in [0.05, 0.1) is 12.0 Å². The summed E-state index contributed by atoms with van der Waals surface area (Å²) >= 11 is 0.622. The van der Waals surface area contributed by atoms with E-state index >= 15 is 0 Å². The van der Waals surface area contributed by atoms with Gasteiger partial charge in [-0.25, -0.2) is 31.3 Å². The molecule has 0 aliphatic carbocycles. The molecule has 0 saturated heterocycles. The summed E-state index contributed by atoms with van der Waals surface area (Å²) in [5, 5.41) is 5.70. The molecule has 0 saturated carbocycles. The molecule has 0 fully saturated rings. The topological polar surface area (TPSA) is 116 Å². The zero-order valence-electron chi connectivity index (χ0n) is 17.1. The number of amides is 2. The van der Waals surface area contributed by atoms with E-state index in [-0.39, 0.29) is 32.1 Å². The number of nitrogens with zero attached hydrogens (tertiary/aromatic N) is 3. The monoisotopic (exact) mass is 517 g/mol. The Hall–Kier alpha value is -3.88. The van der Waals surface area contributed by atoms with Crippen LogP contribution in [0.1, 0.15) is 46.0 Å². The highest BCUT2D eigenvalue weighted by atomic mass is 32.1. The summed E-state index contributed by atoms with van der Waals surface area (Å²) in [6.07, 6.45) is -8.05. The van der Waals surface area contributed by atoms with Gasteiger partial charge in [0.1, 0.15) is 39.1 Å². The number of primary amides is 1. The number of thiophene rings is 1. The van der Waals surface area contributed by atoms with Gasteiger partial charge in [-0.15, -0.1) is 11.3 Å². The second kappa shape index (κ2) is 9.40. The van der Waals surface area contributed by atoms with E-state index in [4.69, 9.17) is 10.2 Å². The highest BCUT2D eigenvalue weighted by Gasteiger charge is 2.27. The standard InChI is InChI=1S/C20H13F6N5O3S/c21-16(22)8-4-7(11-2-1-3-34-11)13-14(15(19(27)33)35-20(13)28-8)29-12(32)6-31-10(18(25)26)5-9(30-31)17(23)24/h1-5,16-18H,6H2,(H2,27,33)(H,29,32). The van der Waals surface area contributed by atoms with E-state index in [9.17, 15) is 35.9 Å². The molecule has 0 atom stereocenters. The third-order valence-corrected chi connectivity index (χ3v) is 5.85. The second-order valence-corrected chi connectivity index (χ2v) is 8.02. The summed E-state index contributed by atoms with van der Waals surface area (Å²) in [7, 11) is 0. The highest BCUT2D eigenvalue weighted by molar-refractivity contribution is 7.21. The van der Waals surface area contributed by atoms with Gasteiger partial charge >= 0.3 is 0 Å². The van der Waals surface area contributed by atoms with Crippen molar-refractivity contribution in [3.8, 4) is 11.3 Å². The Morgan fingerprint density at radius 3 is 2.37 bits per heavy atom. The third-order valence-electron chi connectivity index (χ3n) is 4.75. The Kier molecular flexibility index (Phi) is 6.51. The lowest BCUT2D eigenvalue weighted by molar-refractivity contribution is -0.117. The number of rotatable bonds is 8. The largest absolute Gasteiger partial charge is 0.464 e. The fourth-order valence-corrected chi connectivity index (χ4v) is 4.34. The SMILES string of the molecule is NC(=O)c1sc2nc(C(F)F)cc(-c3ccco3)c2c1NC(=O)Cn1nc(C(F)F)cc1C(F)F. The average Bonchev–Trinajstić information content (AvgIpc) is 3.52. The molecule has 4 heterocycles. The van der Waals surface area contributed by atoms with Crippen LogP contribution in [0.25, 0.3) is 21.5 Å². The fraction of sp³-hybridized carbons (Fsp3) is 0.200. The number of halogens is 6. The van der Waals surface area contributed by atoms with Crippen molar-refractivity contribution in [3.63, 3.8) is 0 Å². The molecule has 0 aliphatic heterocycles. The zero-order valence-corrected chi connectivity index (χ0v) is 18.0. The lowest BCUT2D eigenvalue weighted by Crippen LogP contribution is -2.22. The van der Waals surface area contributed by atoms with Gasteiger partial charge < -0.3 is 15.5 Å². The first kappa shape index (κ1) is 24.3. The van der Waals surface area contributed by atoms with Gasteiger partial charge in [-0.1, -0.05) is 0 Å². The smallest absolute Gasteiger partial charge is 0.282 e. The molecule has 0 spiro atoms. The second-order valence-electron chi connectivity index (χ2n) is 7.02. The minimum atomic E-state index is -3.20. The van der Waals surface area contributed by atoms with Gasteiger partial charge in [0.2, 0.25) is 5.91 Å². The fourth-order valence-electron chi connectivity index (χ4n) is 3.32. The maximum Gasteiger partial charge on any atom is 0.282 e. The average molecular weight is 517 g/mol. The Bertz CT molecular complexity index is 1400. The van der Waals surface area contributed by atoms with Crippen molar-refractivity contribution >= 4 is 39.1 Å². The first-order valence-corrected chi connectivity index (χ1v) is 10.4. The van der Waals surface area contributed by atoms with Gasteiger partial charge in [0.25, 0.3) is 25.2 Å². The molecule has 4 aromatic heterocycles. The number of alkyl halides is 6. The normalized spacial score (nSPS) is 11.8. The van der Waals surface area contributed by atoms with Crippen LogP contribution < -0.4 is 11.1 Å². The summed E-state index contributed by atoms with van der Waals surface area (Å²) < 4.78 is 84.9. The molecule has 0 radical (unpaired) electrons. The molecular formula is C20H13F6N5O3S. The van der Waals surface area contributed by atoms with E-state index < -0.39 is 54.7 Å². The molecule has 2 amide bonds. The van der Waals surface area contributed by atoms with E-state index in [2.05, 4.69) is 15.4 Å². The molecule has 15 heteroatoms. The van der Waals surface area contributed by atoms with Crippen LogP contribution in [0.3, 0.4) is 0 Å². The Morgan fingerprint density at radius 1 is 1.09 bits per heavy atom. The molecule has 4 aromatic rings. The molecular weight excluding hydrogens is 504 g/mol. The third kappa shape index (κ3) is 4.71. The van der Waals surface area contributed by atoms with Crippen molar-refractivity contribution in [2.24, 2.45) is 5.73 Å². The molecule has 184 valence electrons. The quantitative estimate of drug-likeness (QED) is 0.308. The number of anilines is 1. The van der Waals surface area contributed by atoms with Crippen LogP contribution in [0.15, 0.2) is 34.9 Å². The first-order valence-electron chi connectivity index (χ1n) is 9.59. The van der Waals surface area contributed by atoms with Gasteiger partial charge in [-0.2, -0.15) is 5.10 Å². The Morgan fingerprint density at radius 2 is 1.80 bits per heavy atom. The number of furan rings is 1.